The third kappa shape index (κ3) is 2.58. The van der Waals surface area contributed by atoms with Crippen LogP contribution < -0.4 is 5.32 Å². The summed E-state index contributed by atoms with van der Waals surface area (Å²) in [5, 5.41) is 7.84. The van der Waals surface area contributed by atoms with Crippen LogP contribution in [0, 0.1) is 13.8 Å². The number of hydrogen-bond acceptors (Lipinski definition) is 5. The van der Waals surface area contributed by atoms with E-state index in [4.69, 9.17) is 0 Å². The minimum Gasteiger partial charge on any atom is -0.367 e. The average Bonchev–Trinajstić information content (AvgIpc) is 2.96. The number of rotatable bonds is 3. The van der Waals surface area contributed by atoms with E-state index in [1.54, 1.807) is 11.3 Å². The summed E-state index contributed by atoms with van der Waals surface area (Å²) in [5.41, 5.74) is 1.28. The van der Waals surface area contributed by atoms with Gasteiger partial charge in [-0.25, -0.2) is 9.97 Å². The molecule has 0 saturated heterocycles. The molecule has 0 bridgehead atoms. The van der Waals surface area contributed by atoms with Crippen LogP contribution in [0.5, 0.6) is 0 Å². The zero-order chi connectivity index (χ0) is 13.4. The standard InChI is InChI=1S/C14H19N3S2/c1-8-7-19-14-12(8)13(15-9(2)16-14)17-10-4-5-11(6-10)18-3/h7,10-11H,4-6H2,1-3H3,(H,15,16,17). The summed E-state index contributed by atoms with van der Waals surface area (Å²) < 4.78 is 0. The first kappa shape index (κ1) is 13.2. The Bertz CT molecular complexity index is 594. The number of thiophene rings is 1. The molecule has 2 aromatic rings. The average molecular weight is 293 g/mol. The Morgan fingerprint density at radius 3 is 2.89 bits per heavy atom. The maximum absolute atomic E-state index is 4.63. The third-order valence-corrected chi connectivity index (χ3v) is 5.87. The van der Waals surface area contributed by atoms with Crippen molar-refractivity contribution in [2.75, 3.05) is 11.6 Å². The van der Waals surface area contributed by atoms with Gasteiger partial charge in [0.25, 0.3) is 0 Å². The van der Waals surface area contributed by atoms with Crippen LogP contribution in [0.2, 0.25) is 0 Å². The van der Waals surface area contributed by atoms with Crippen molar-refractivity contribution in [1.29, 1.82) is 0 Å². The van der Waals surface area contributed by atoms with Gasteiger partial charge in [-0.3, -0.25) is 0 Å². The van der Waals surface area contributed by atoms with Crippen LogP contribution in [-0.2, 0) is 0 Å². The Hall–Kier alpha value is -0.810. The molecule has 1 aliphatic rings. The monoisotopic (exact) mass is 293 g/mol. The van der Waals surface area contributed by atoms with Crippen molar-refractivity contribution in [2.24, 2.45) is 0 Å². The first-order valence-corrected chi connectivity index (χ1v) is 8.86. The second-order valence-corrected chi connectivity index (χ2v) is 7.23. The molecule has 1 N–H and O–H groups in total. The zero-order valence-electron chi connectivity index (χ0n) is 11.6. The highest BCUT2D eigenvalue weighted by Gasteiger charge is 2.25. The van der Waals surface area contributed by atoms with Gasteiger partial charge in [0.15, 0.2) is 0 Å². The Balaban J connectivity index is 1.90. The van der Waals surface area contributed by atoms with Gasteiger partial charge >= 0.3 is 0 Å². The third-order valence-electron chi connectivity index (χ3n) is 3.79. The molecule has 3 rings (SSSR count). The van der Waals surface area contributed by atoms with E-state index in [0.717, 1.165) is 21.7 Å². The molecule has 1 fully saturated rings. The molecule has 0 radical (unpaired) electrons. The summed E-state index contributed by atoms with van der Waals surface area (Å²) in [6.45, 7) is 4.11. The van der Waals surface area contributed by atoms with Crippen molar-refractivity contribution < 1.29 is 0 Å². The molecule has 2 aromatic heterocycles. The van der Waals surface area contributed by atoms with E-state index in [0.29, 0.717) is 6.04 Å². The second-order valence-electron chi connectivity index (χ2n) is 5.23. The quantitative estimate of drug-likeness (QED) is 0.928. The predicted molar refractivity (Wildman–Crippen MR) is 85.5 cm³/mol. The Morgan fingerprint density at radius 1 is 1.32 bits per heavy atom. The molecule has 0 aromatic carbocycles. The van der Waals surface area contributed by atoms with Crippen LogP contribution in [0.1, 0.15) is 30.7 Å². The van der Waals surface area contributed by atoms with Crippen molar-refractivity contribution >= 4 is 39.1 Å². The molecular weight excluding hydrogens is 274 g/mol. The van der Waals surface area contributed by atoms with Gasteiger partial charge in [0.2, 0.25) is 0 Å². The number of aromatic nitrogens is 2. The molecule has 1 saturated carbocycles. The first-order valence-electron chi connectivity index (χ1n) is 6.69. The molecule has 2 heterocycles. The van der Waals surface area contributed by atoms with Gasteiger partial charge in [0.1, 0.15) is 16.5 Å². The normalized spacial score (nSPS) is 23.1. The molecule has 5 heteroatoms. The number of nitrogens with one attached hydrogen (secondary N) is 1. The summed E-state index contributed by atoms with van der Waals surface area (Å²) in [5.74, 6) is 1.89. The van der Waals surface area contributed by atoms with Gasteiger partial charge in [-0.15, -0.1) is 11.3 Å². The molecule has 0 amide bonds. The summed E-state index contributed by atoms with van der Waals surface area (Å²) in [6.07, 6.45) is 6.02. The second kappa shape index (κ2) is 5.29. The van der Waals surface area contributed by atoms with Crippen LogP contribution in [0.3, 0.4) is 0 Å². The van der Waals surface area contributed by atoms with Crippen LogP contribution in [0.15, 0.2) is 5.38 Å². The van der Waals surface area contributed by atoms with E-state index >= 15 is 0 Å². The molecule has 2 atom stereocenters. The van der Waals surface area contributed by atoms with Crippen LogP contribution in [0.25, 0.3) is 10.2 Å². The zero-order valence-corrected chi connectivity index (χ0v) is 13.2. The minimum absolute atomic E-state index is 0.564. The largest absolute Gasteiger partial charge is 0.367 e. The van der Waals surface area contributed by atoms with Crippen LogP contribution in [-0.4, -0.2) is 27.5 Å². The molecule has 1 aliphatic carbocycles. The van der Waals surface area contributed by atoms with Crippen molar-refractivity contribution in [1.82, 2.24) is 9.97 Å². The van der Waals surface area contributed by atoms with Gasteiger partial charge in [-0.2, -0.15) is 11.8 Å². The van der Waals surface area contributed by atoms with Crippen molar-refractivity contribution in [3.05, 3.63) is 16.8 Å². The fraction of sp³-hybridized carbons (Fsp3) is 0.571. The van der Waals surface area contributed by atoms with E-state index in [2.05, 4.69) is 33.8 Å². The summed E-state index contributed by atoms with van der Waals surface area (Å²) in [7, 11) is 0. The molecule has 2 unspecified atom stereocenters. The summed E-state index contributed by atoms with van der Waals surface area (Å²) in [6, 6.07) is 0.564. The van der Waals surface area contributed by atoms with E-state index < -0.39 is 0 Å². The highest BCUT2D eigenvalue weighted by molar-refractivity contribution is 7.99. The Labute approximate surface area is 122 Å². The molecule has 0 aliphatic heterocycles. The predicted octanol–water partition coefficient (Wildman–Crippen LogP) is 4.00. The van der Waals surface area contributed by atoms with Gasteiger partial charge in [-0.05, 0) is 50.3 Å². The number of hydrogen-bond donors (Lipinski definition) is 1. The maximum atomic E-state index is 4.63. The minimum atomic E-state index is 0.564. The molecule has 102 valence electrons. The lowest BCUT2D eigenvalue weighted by molar-refractivity contribution is 0.752. The van der Waals surface area contributed by atoms with Crippen LogP contribution >= 0.6 is 23.1 Å². The van der Waals surface area contributed by atoms with Gasteiger partial charge in [0, 0.05) is 11.3 Å². The van der Waals surface area contributed by atoms with Crippen molar-refractivity contribution in [2.45, 2.75) is 44.4 Å². The lowest BCUT2D eigenvalue weighted by Gasteiger charge is -2.15. The molecule has 0 spiro atoms. The number of fused-ring (bicyclic) bond motifs is 1. The molecular formula is C14H19N3S2. The first-order chi connectivity index (χ1) is 9.17. The summed E-state index contributed by atoms with van der Waals surface area (Å²) >= 11 is 3.70. The van der Waals surface area contributed by atoms with Crippen molar-refractivity contribution in [3.63, 3.8) is 0 Å². The topological polar surface area (TPSA) is 37.8 Å². The highest BCUT2D eigenvalue weighted by atomic mass is 32.2. The maximum Gasteiger partial charge on any atom is 0.138 e. The molecule has 19 heavy (non-hydrogen) atoms. The smallest absolute Gasteiger partial charge is 0.138 e. The van der Waals surface area contributed by atoms with E-state index in [1.807, 2.05) is 18.7 Å². The summed E-state index contributed by atoms with van der Waals surface area (Å²) in [4.78, 5) is 10.3. The lowest BCUT2D eigenvalue weighted by Crippen LogP contribution is -2.17. The van der Waals surface area contributed by atoms with Gasteiger partial charge in [0.05, 0.1) is 5.39 Å². The van der Waals surface area contributed by atoms with Crippen LogP contribution in [0.4, 0.5) is 5.82 Å². The van der Waals surface area contributed by atoms with Gasteiger partial charge < -0.3 is 5.32 Å². The number of anilines is 1. The fourth-order valence-corrected chi connectivity index (χ4v) is 4.54. The number of thioether (sulfide) groups is 1. The lowest BCUT2D eigenvalue weighted by atomic mass is 10.2. The Morgan fingerprint density at radius 2 is 2.16 bits per heavy atom. The SMILES string of the molecule is CSC1CCC(Nc2nc(C)nc3scc(C)c23)C1. The number of aryl methyl sites for hydroxylation is 2. The molecule has 3 nitrogen and oxygen atoms in total. The van der Waals surface area contributed by atoms with E-state index in [-0.39, 0.29) is 0 Å². The van der Waals surface area contributed by atoms with Gasteiger partial charge in [-0.1, -0.05) is 0 Å². The van der Waals surface area contributed by atoms with Crippen molar-refractivity contribution in [3.8, 4) is 0 Å². The fourth-order valence-electron chi connectivity index (χ4n) is 2.77. The Kier molecular flexibility index (Phi) is 3.67. The van der Waals surface area contributed by atoms with E-state index in [1.165, 1.54) is 30.2 Å². The highest BCUT2D eigenvalue weighted by Crippen LogP contribution is 2.33. The number of nitrogens with zero attached hydrogens (tertiary/aromatic N) is 2. The van der Waals surface area contributed by atoms with E-state index in [9.17, 15) is 0 Å².